The average molecular weight is 468 g/mol. The van der Waals surface area contributed by atoms with Gasteiger partial charge in [0.1, 0.15) is 10.8 Å². The second-order valence-electron chi connectivity index (χ2n) is 7.96. The van der Waals surface area contributed by atoms with Gasteiger partial charge in [-0.1, -0.05) is 23.7 Å². The van der Waals surface area contributed by atoms with Gasteiger partial charge in [0.15, 0.2) is 0 Å². The van der Waals surface area contributed by atoms with Gasteiger partial charge in [0.05, 0.1) is 5.51 Å². The fourth-order valence-corrected chi connectivity index (χ4v) is 5.15. The van der Waals surface area contributed by atoms with E-state index in [-0.39, 0.29) is 17.9 Å². The highest BCUT2D eigenvalue weighted by Crippen LogP contribution is 2.31. The van der Waals surface area contributed by atoms with E-state index in [1.807, 2.05) is 46.2 Å². The summed E-state index contributed by atoms with van der Waals surface area (Å²) >= 11 is 7.69. The number of carbonyl (C=O) groups is 2. The number of hydrogen-bond acceptors (Lipinski definition) is 6. The molecule has 2 fully saturated rings. The molecule has 4 heterocycles. The SMILES string of the molecule is O=C(c1cscn1)N1CCN(C2CC(=O)N(c3cccc(-c4cccnc4Cl)c3)C2)CC1. The molecule has 5 rings (SSSR count). The first-order chi connectivity index (χ1) is 15.6. The minimum absolute atomic E-state index is 0.0131. The molecule has 9 heteroatoms. The summed E-state index contributed by atoms with van der Waals surface area (Å²) in [6.07, 6.45) is 2.15. The molecule has 3 aromatic rings. The van der Waals surface area contributed by atoms with E-state index in [4.69, 9.17) is 11.6 Å². The van der Waals surface area contributed by atoms with Crippen LogP contribution in [-0.4, -0.2) is 70.3 Å². The van der Waals surface area contributed by atoms with E-state index in [9.17, 15) is 9.59 Å². The molecule has 164 valence electrons. The number of amides is 2. The minimum Gasteiger partial charge on any atom is -0.335 e. The summed E-state index contributed by atoms with van der Waals surface area (Å²) in [5.41, 5.74) is 4.84. The van der Waals surface area contributed by atoms with Crippen molar-refractivity contribution in [1.82, 2.24) is 19.8 Å². The highest BCUT2D eigenvalue weighted by molar-refractivity contribution is 7.07. The molecule has 0 saturated carbocycles. The lowest BCUT2D eigenvalue weighted by Gasteiger charge is -2.37. The van der Waals surface area contributed by atoms with Gasteiger partial charge in [0, 0.05) is 68.0 Å². The predicted octanol–water partition coefficient (Wildman–Crippen LogP) is 3.42. The Morgan fingerprint density at radius 1 is 1.09 bits per heavy atom. The molecule has 2 aromatic heterocycles. The van der Waals surface area contributed by atoms with Crippen LogP contribution in [0.3, 0.4) is 0 Å². The van der Waals surface area contributed by atoms with Crippen LogP contribution in [0.15, 0.2) is 53.5 Å². The molecule has 2 amide bonds. The Hall–Kier alpha value is -2.81. The maximum Gasteiger partial charge on any atom is 0.273 e. The lowest BCUT2D eigenvalue weighted by atomic mass is 10.1. The fraction of sp³-hybridized carbons (Fsp3) is 0.304. The fourth-order valence-electron chi connectivity index (χ4n) is 4.40. The van der Waals surface area contributed by atoms with Crippen LogP contribution in [0.25, 0.3) is 11.1 Å². The van der Waals surface area contributed by atoms with Crippen LogP contribution < -0.4 is 4.90 Å². The molecule has 0 radical (unpaired) electrons. The number of halogens is 1. The van der Waals surface area contributed by atoms with E-state index >= 15 is 0 Å². The van der Waals surface area contributed by atoms with Gasteiger partial charge >= 0.3 is 0 Å². The van der Waals surface area contributed by atoms with Crippen LogP contribution >= 0.6 is 22.9 Å². The highest BCUT2D eigenvalue weighted by Gasteiger charge is 2.36. The van der Waals surface area contributed by atoms with Crippen molar-refractivity contribution in [2.45, 2.75) is 12.5 Å². The number of anilines is 1. The molecule has 2 saturated heterocycles. The Morgan fingerprint density at radius 3 is 2.69 bits per heavy atom. The molecule has 2 aliphatic heterocycles. The zero-order chi connectivity index (χ0) is 22.1. The van der Waals surface area contributed by atoms with Crippen molar-refractivity contribution < 1.29 is 9.59 Å². The van der Waals surface area contributed by atoms with Gasteiger partial charge in [0.2, 0.25) is 5.91 Å². The van der Waals surface area contributed by atoms with Crippen molar-refractivity contribution in [2.24, 2.45) is 0 Å². The smallest absolute Gasteiger partial charge is 0.273 e. The number of thiazole rings is 1. The van der Waals surface area contributed by atoms with E-state index < -0.39 is 0 Å². The van der Waals surface area contributed by atoms with Gasteiger partial charge in [-0.05, 0) is 29.8 Å². The topological polar surface area (TPSA) is 69.6 Å². The van der Waals surface area contributed by atoms with Crippen molar-refractivity contribution in [1.29, 1.82) is 0 Å². The number of rotatable bonds is 4. The van der Waals surface area contributed by atoms with E-state index in [0.29, 0.717) is 36.9 Å². The number of aromatic nitrogens is 2. The molecule has 0 aliphatic carbocycles. The second-order valence-corrected chi connectivity index (χ2v) is 9.03. The van der Waals surface area contributed by atoms with Gasteiger partial charge in [0.25, 0.3) is 5.91 Å². The molecule has 32 heavy (non-hydrogen) atoms. The van der Waals surface area contributed by atoms with Gasteiger partial charge in [-0.2, -0.15) is 0 Å². The number of carbonyl (C=O) groups excluding carboxylic acids is 2. The maximum atomic E-state index is 12.9. The molecule has 0 bridgehead atoms. The van der Waals surface area contributed by atoms with E-state index in [0.717, 1.165) is 29.9 Å². The van der Waals surface area contributed by atoms with Crippen molar-refractivity contribution in [3.8, 4) is 11.1 Å². The third-order valence-corrected chi connectivity index (χ3v) is 6.99. The second kappa shape index (κ2) is 8.97. The van der Waals surface area contributed by atoms with Gasteiger partial charge < -0.3 is 9.80 Å². The van der Waals surface area contributed by atoms with Gasteiger partial charge in [-0.15, -0.1) is 11.3 Å². The molecule has 1 atom stereocenters. The Bertz CT molecular complexity index is 1130. The summed E-state index contributed by atoms with van der Waals surface area (Å²) in [6.45, 7) is 3.45. The zero-order valence-corrected chi connectivity index (χ0v) is 18.9. The van der Waals surface area contributed by atoms with Crippen LogP contribution in [0.4, 0.5) is 5.69 Å². The van der Waals surface area contributed by atoms with Crippen LogP contribution in [0.2, 0.25) is 5.15 Å². The van der Waals surface area contributed by atoms with Crippen molar-refractivity contribution in [3.63, 3.8) is 0 Å². The Labute approximate surface area is 195 Å². The van der Waals surface area contributed by atoms with Crippen molar-refractivity contribution in [3.05, 3.63) is 64.3 Å². The number of pyridine rings is 1. The Morgan fingerprint density at radius 2 is 1.94 bits per heavy atom. The third-order valence-electron chi connectivity index (χ3n) is 6.10. The monoisotopic (exact) mass is 467 g/mol. The molecule has 1 aromatic carbocycles. The van der Waals surface area contributed by atoms with E-state index in [1.54, 1.807) is 17.1 Å². The number of benzene rings is 1. The first-order valence-electron chi connectivity index (χ1n) is 10.5. The van der Waals surface area contributed by atoms with Crippen LogP contribution in [0, 0.1) is 0 Å². The first kappa shape index (κ1) is 21.1. The quantitative estimate of drug-likeness (QED) is 0.550. The summed E-state index contributed by atoms with van der Waals surface area (Å²) in [6, 6.07) is 11.8. The zero-order valence-electron chi connectivity index (χ0n) is 17.4. The molecular formula is C23H22ClN5O2S. The normalized spacial score (nSPS) is 19.5. The van der Waals surface area contributed by atoms with E-state index in [2.05, 4.69) is 14.9 Å². The molecule has 0 N–H and O–H groups in total. The number of piperazine rings is 1. The van der Waals surface area contributed by atoms with Gasteiger partial charge in [-0.25, -0.2) is 9.97 Å². The van der Waals surface area contributed by atoms with E-state index in [1.165, 1.54) is 11.3 Å². The molecule has 2 aliphatic rings. The first-order valence-corrected chi connectivity index (χ1v) is 11.8. The van der Waals surface area contributed by atoms with Crippen LogP contribution in [-0.2, 0) is 4.79 Å². The molecule has 7 nitrogen and oxygen atoms in total. The average Bonchev–Trinajstić information content (AvgIpc) is 3.49. The minimum atomic E-state index is -0.0131. The lowest BCUT2D eigenvalue weighted by Crippen LogP contribution is -2.52. The summed E-state index contributed by atoms with van der Waals surface area (Å²) in [5.74, 6) is 0.103. The van der Waals surface area contributed by atoms with Crippen molar-refractivity contribution in [2.75, 3.05) is 37.6 Å². The summed E-state index contributed by atoms with van der Waals surface area (Å²) in [4.78, 5) is 39.7. The Balaban J connectivity index is 1.25. The number of nitrogens with zero attached hydrogens (tertiary/aromatic N) is 5. The summed E-state index contributed by atoms with van der Waals surface area (Å²) in [7, 11) is 0. The molecule has 1 unspecified atom stereocenters. The molecular weight excluding hydrogens is 446 g/mol. The molecule has 0 spiro atoms. The van der Waals surface area contributed by atoms with Crippen LogP contribution in [0.1, 0.15) is 16.9 Å². The largest absolute Gasteiger partial charge is 0.335 e. The van der Waals surface area contributed by atoms with Crippen LogP contribution in [0.5, 0.6) is 0 Å². The van der Waals surface area contributed by atoms with Gasteiger partial charge in [-0.3, -0.25) is 14.5 Å². The Kier molecular flexibility index (Phi) is 5.91. The third kappa shape index (κ3) is 4.13. The number of hydrogen-bond donors (Lipinski definition) is 0. The summed E-state index contributed by atoms with van der Waals surface area (Å²) in [5, 5.41) is 2.23. The predicted molar refractivity (Wildman–Crippen MR) is 125 cm³/mol. The standard InChI is InChI=1S/C23H22ClN5O2S/c24-22-19(5-2-6-25-22)16-3-1-4-17(11-16)29-13-18(12-21(29)30)27-7-9-28(10-8-27)23(31)20-14-32-15-26-20/h1-6,11,14-15,18H,7-10,12-13H2. The lowest BCUT2D eigenvalue weighted by molar-refractivity contribution is -0.117. The maximum absolute atomic E-state index is 12.9. The highest BCUT2D eigenvalue weighted by atomic mass is 35.5. The van der Waals surface area contributed by atoms with Crippen molar-refractivity contribution >= 4 is 40.4 Å². The summed E-state index contributed by atoms with van der Waals surface area (Å²) < 4.78 is 0.